The Morgan fingerprint density at radius 1 is 1.23 bits per heavy atom. The van der Waals surface area contributed by atoms with Crippen LogP contribution in [0.3, 0.4) is 0 Å². The molecule has 0 fully saturated rings. The van der Waals surface area contributed by atoms with Gasteiger partial charge in [0.15, 0.2) is 0 Å². The predicted octanol–water partition coefficient (Wildman–Crippen LogP) is 3.77. The first-order valence-corrected chi connectivity index (χ1v) is 8.09. The van der Waals surface area contributed by atoms with E-state index in [-0.39, 0.29) is 0 Å². The van der Waals surface area contributed by atoms with E-state index in [4.69, 9.17) is 0 Å². The van der Waals surface area contributed by atoms with Gasteiger partial charge in [-0.2, -0.15) is 9.47 Å². The Morgan fingerprint density at radius 3 is 2.73 bits per heavy atom. The topological polar surface area (TPSA) is 55.6 Å². The summed E-state index contributed by atoms with van der Waals surface area (Å²) >= 11 is 1.41. The van der Waals surface area contributed by atoms with Gasteiger partial charge in [0, 0.05) is 30.2 Å². The van der Waals surface area contributed by atoms with Crippen LogP contribution in [0.15, 0.2) is 36.5 Å². The average molecular weight is 313 g/mol. The molecular weight excluding hydrogens is 294 g/mol. The quantitative estimate of drug-likeness (QED) is 0.779. The first-order valence-electron chi connectivity index (χ1n) is 7.31. The summed E-state index contributed by atoms with van der Waals surface area (Å²) in [5.74, 6) is 1.25. The van der Waals surface area contributed by atoms with Crippen molar-refractivity contribution in [1.29, 1.82) is 0 Å². The van der Waals surface area contributed by atoms with Gasteiger partial charge in [-0.3, -0.25) is 0 Å². The molecule has 0 unspecified atom stereocenters. The second-order valence-electron chi connectivity index (χ2n) is 5.50. The lowest BCUT2D eigenvalue weighted by Gasteiger charge is -2.09. The fourth-order valence-corrected chi connectivity index (χ4v) is 2.85. The Balaban J connectivity index is 1.77. The zero-order chi connectivity index (χ0) is 15.5. The Labute approximate surface area is 134 Å². The maximum Gasteiger partial charge on any atom is 0.202 e. The molecule has 0 spiro atoms. The van der Waals surface area contributed by atoms with E-state index < -0.39 is 0 Å². The summed E-state index contributed by atoms with van der Waals surface area (Å²) in [6.45, 7) is 6.89. The van der Waals surface area contributed by atoms with Gasteiger partial charge < -0.3 is 5.32 Å². The lowest BCUT2D eigenvalue weighted by molar-refractivity contribution is 0.799. The summed E-state index contributed by atoms with van der Waals surface area (Å²) < 4.78 is 6.27. The molecule has 0 aliphatic rings. The van der Waals surface area contributed by atoms with Crippen molar-refractivity contribution in [3.05, 3.63) is 53.6 Å². The summed E-state index contributed by atoms with van der Waals surface area (Å²) in [5, 5.41) is 8.70. The SMILES string of the molecule is Cc1ccn(-c2ccccc2CNc2nc(C(C)C)ns2)n1. The standard InChI is InChI=1S/C16H19N5S/c1-11(2)15-18-16(22-20-15)17-10-13-6-4-5-7-14(13)21-9-8-12(3)19-21/h4-9,11H,10H2,1-3H3,(H,17,18,20). The second-order valence-corrected chi connectivity index (χ2v) is 6.25. The van der Waals surface area contributed by atoms with E-state index in [0.717, 1.165) is 22.3 Å². The molecule has 114 valence electrons. The monoisotopic (exact) mass is 313 g/mol. The molecule has 1 N–H and O–H groups in total. The van der Waals surface area contributed by atoms with Crippen LogP contribution in [0.5, 0.6) is 0 Å². The highest BCUT2D eigenvalue weighted by atomic mass is 32.1. The molecule has 0 saturated heterocycles. The molecule has 0 radical (unpaired) electrons. The first-order chi connectivity index (χ1) is 10.6. The molecule has 22 heavy (non-hydrogen) atoms. The van der Waals surface area contributed by atoms with Crippen molar-refractivity contribution in [1.82, 2.24) is 19.1 Å². The Hall–Kier alpha value is -2.21. The van der Waals surface area contributed by atoms with E-state index >= 15 is 0 Å². The fourth-order valence-electron chi connectivity index (χ4n) is 2.15. The van der Waals surface area contributed by atoms with E-state index in [1.165, 1.54) is 17.1 Å². The van der Waals surface area contributed by atoms with Gasteiger partial charge in [0.25, 0.3) is 0 Å². The summed E-state index contributed by atoms with van der Waals surface area (Å²) in [6, 6.07) is 10.2. The number of rotatable bonds is 5. The third kappa shape index (κ3) is 3.17. The molecule has 2 aromatic heterocycles. The van der Waals surface area contributed by atoms with Crippen molar-refractivity contribution >= 4 is 16.7 Å². The number of aromatic nitrogens is 4. The molecule has 0 atom stereocenters. The Bertz CT molecular complexity index is 759. The highest BCUT2D eigenvalue weighted by Gasteiger charge is 2.09. The minimum atomic E-state index is 0.353. The Morgan fingerprint density at radius 2 is 2.05 bits per heavy atom. The van der Waals surface area contributed by atoms with E-state index in [1.54, 1.807) is 0 Å². The van der Waals surface area contributed by atoms with Crippen LogP contribution in [0.4, 0.5) is 5.13 Å². The molecule has 0 amide bonds. The highest BCUT2D eigenvalue weighted by Crippen LogP contribution is 2.20. The number of para-hydroxylation sites is 1. The molecule has 5 nitrogen and oxygen atoms in total. The van der Waals surface area contributed by atoms with Crippen LogP contribution >= 0.6 is 11.5 Å². The van der Waals surface area contributed by atoms with Crippen LogP contribution < -0.4 is 5.32 Å². The maximum atomic E-state index is 4.51. The largest absolute Gasteiger partial charge is 0.356 e. The number of aryl methyl sites for hydroxylation is 1. The lowest BCUT2D eigenvalue weighted by atomic mass is 10.2. The van der Waals surface area contributed by atoms with Gasteiger partial charge in [0.1, 0.15) is 5.82 Å². The van der Waals surface area contributed by atoms with Crippen molar-refractivity contribution in [2.45, 2.75) is 33.2 Å². The molecule has 1 aromatic carbocycles. The van der Waals surface area contributed by atoms with Crippen LogP contribution in [0.1, 0.15) is 36.8 Å². The van der Waals surface area contributed by atoms with Crippen molar-refractivity contribution in [3.63, 3.8) is 0 Å². The third-order valence-electron chi connectivity index (χ3n) is 3.35. The van der Waals surface area contributed by atoms with Crippen molar-refractivity contribution < 1.29 is 0 Å². The summed E-state index contributed by atoms with van der Waals surface area (Å²) in [4.78, 5) is 4.51. The molecule has 0 bridgehead atoms. The van der Waals surface area contributed by atoms with Crippen molar-refractivity contribution in [2.75, 3.05) is 5.32 Å². The summed E-state index contributed by atoms with van der Waals surface area (Å²) in [7, 11) is 0. The normalized spacial score (nSPS) is 11.1. The number of nitrogens with one attached hydrogen (secondary N) is 1. The second kappa shape index (κ2) is 6.27. The van der Waals surface area contributed by atoms with E-state index in [1.807, 2.05) is 36.0 Å². The number of nitrogens with zero attached hydrogens (tertiary/aromatic N) is 4. The third-order valence-corrected chi connectivity index (χ3v) is 4.04. The molecule has 2 heterocycles. The smallest absolute Gasteiger partial charge is 0.202 e. The number of hydrogen-bond donors (Lipinski definition) is 1. The summed E-state index contributed by atoms with van der Waals surface area (Å²) in [5.41, 5.74) is 3.26. The van der Waals surface area contributed by atoms with Gasteiger partial charge in [0.05, 0.1) is 11.4 Å². The van der Waals surface area contributed by atoms with Crippen molar-refractivity contribution in [3.8, 4) is 5.69 Å². The maximum absolute atomic E-state index is 4.51. The summed E-state index contributed by atoms with van der Waals surface area (Å²) in [6.07, 6.45) is 1.98. The predicted molar refractivity (Wildman–Crippen MR) is 89.6 cm³/mol. The number of anilines is 1. The average Bonchev–Trinajstić information content (AvgIpc) is 3.14. The minimum Gasteiger partial charge on any atom is -0.356 e. The van der Waals surface area contributed by atoms with Crippen molar-refractivity contribution in [2.24, 2.45) is 0 Å². The fraction of sp³-hybridized carbons (Fsp3) is 0.312. The van der Waals surface area contributed by atoms with Gasteiger partial charge in [-0.05, 0) is 24.6 Å². The molecule has 0 aliphatic carbocycles. The van der Waals surface area contributed by atoms with Crippen LogP contribution in [0.2, 0.25) is 0 Å². The molecule has 6 heteroatoms. The van der Waals surface area contributed by atoms with Gasteiger partial charge in [0.2, 0.25) is 5.13 Å². The van der Waals surface area contributed by atoms with E-state index in [9.17, 15) is 0 Å². The van der Waals surface area contributed by atoms with Gasteiger partial charge in [-0.25, -0.2) is 9.67 Å². The highest BCUT2D eigenvalue weighted by molar-refractivity contribution is 7.09. The van der Waals surface area contributed by atoms with Crippen LogP contribution in [-0.4, -0.2) is 19.1 Å². The van der Waals surface area contributed by atoms with Crippen LogP contribution in [0.25, 0.3) is 5.69 Å². The molecular formula is C16H19N5S. The van der Waals surface area contributed by atoms with Gasteiger partial charge in [-0.1, -0.05) is 32.0 Å². The molecule has 3 aromatic rings. The number of hydrogen-bond acceptors (Lipinski definition) is 5. The van der Waals surface area contributed by atoms with Crippen LogP contribution in [-0.2, 0) is 6.54 Å². The number of benzene rings is 1. The molecule has 0 aliphatic heterocycles. The zero-order valence-electron chi connectivity index (χ0n) is 12.9. The minimum absolute atomic E-state index is 0.353. The lowest BCUT2D eigenvalue weighted by Crippen LogP contribution is -2.05. The molecule has 0 saturated carbocycles. The van der Waals surface area contributed by atoms with Gasteiger partial charge >= 0.3 is 0 Å². The van der Waals surface area contributed by atoms with Gasteiger partial charge in [-0.15, -0.1) is 0 Å². The van der Waals surface area contributed by atoms with E-state index in [0.29, 0.717) is 12.5 Å². The van der Waals surface area contributed by atoms with E-state index in [2.05, 4.69) is 45.8 Å². The zero-order valence-corrected chi connectivity index (χ0v) is 13.8. The first kappa shape index (κ1) is 14.7. The van der Waals surface area contributed by atoms with Crippen LogP contribution in [0, 0.1) is 6.92 Å². The Kier molecular flexibility index (Phi) is 4.20. The molecule has 3 rings (SSSR count).